The van der Waals surface area contributed by atoms with Gasteiger partial charge >= 0.3 is 0 Å². The second kappa shape index (κ2) is 10.4. The molecule has 124 valence electrons. The second-order valence-electron chi connectivity index (χ2n) is 6.41. The Balaban J connectivity index is 3.98. The number of hydrogen-bond donors (Lipinski definition) is 3. The van der Waals surface area contributed by atoms with Crippen molar-refractivity contribution in [3.63, 3.8) is 0 Å². The maximum atomic E-state index is 11.6. The number of methoxy groups -OCH3 is 1. The van der Waals surface area contributed by atoms with Crippen LogP contribution in [0.1, 0.15) is 40.5 Å². The molecule has 0 rings (SSSR count). The monoisotopic (exact) mass is 300 g/mol. The van der Waals surface area contributed by atoms with Crippen molar-refractivity contribution in [2.75, 3.05) is 33.9 Å². The highest BCUT2D eigenvalue weighted by molar-refractivity contribution is 5.86. The Hall–Kier alpha value is -1.30. The third-order valence-electron chi connectivity index (χ3n) is 2.98. The molecule has 0 aliphatic rings. The van der Waals surface area contributed by atoms with E-state index < -0.39 is 0 Å². The minimum Gasteiger partial charge on any atom is -0.383 e. The molecule has 0 spiro atoms. The molecule has 1 atom stereocenters. The minimum atomic E-state index is -0.0719. The lowest BCUT2D eigenvalue weighted by Crippen LogP contribution is -2.46. The highest BCUT2D eigenvalue weighted by Crippen LogP contribution is 2.21. The molecule has 6 nitrogen and oxygen atoms in total. The fraction of sp³-hybridized carbons (Fsp3) is 0.867. The zero-order valence-corrected chi connectivity index (χ0v) is 14.4. The van der Waals surface area contributed by atoms with Crippen molar-refractivity contribution in [1.82, 2.24) is 16.0 Å². The van der Waals surface area contributed by atoms with E-state index in [4.69, 9.17) is 4.74 Å². The van der Waals surface area contributed by atoms with Gasteiger partial charge in [0.05, 0.1) is 13.2 Å². The van der Waals surface area contributed by atoms with Gasteiger partial charge in [0.15, 0.2) is 5.96 Å². The van der Waals surface area contributed by atoms with Gasteiger partial charge in [0.2, 0.25) is 5.91 Å². The SMILES string of the molecule is CN=C(NCC(=O)NCCOC)NC(C)CCC(C)(C)C. The van der Waals surface area contributed by atoms with Crippen molar-refractivity contribution in [1.29, 1.82) is 0 Å². The Morgan fingerprint density at radius 3 is 2.48 bits per heavy atom. The predicted octanol–water partition coefficient (Wildman–Crippen LogP) is 1.13. The van der Waals surface area contributed by atoms with Gasteiger partial charge in [-0.2, -0.15) is 0 Å². The number of aliphatic imine (C=N–C) groups is 1. The summed E-state index contributed by atoms with van der Waals surface area (Å²) in [5.41, 5.74) is 0.328. The average Bonchev–Trinajstić information content (AvgIpc) is 2.40. The van der Waals surface area contributed by atoms with Gasteiger partial charge in [-0.05, 0) is 25.2 Å². The van der Waals surface area contributed by atoms with Gasteiger partial charge < -0.3 is 20.7 Å². The van der Waals surface area contributed by atoms with Gasteiger partial charge in [0.25, 0.3) is 0 Å². The predicted molar refractivity (Wildman–Crippen MR) is 87.5 cm³/mol. The van der Waals surface area contributed by atoms with E-state index in [9.17, 15) is 4.79 Å². The van der Waals surface area contributed by atoms with E-state index in [0.29, 0.717) is 30.6 Å². The standard InChI is InChI=1S/C15H32N4O2/c1-12(7-8-15(2,3)4)19-14(16-5)18-11-13(20)17-9-10-21-6/h12H,7-11H2,1-6H3,(H,17,20)(H2,16,18,19). The molecule has 21 heavy (non-hydrogen) atoms. The van der Waals surface area contributed by atoms with Gasteiger partial charge in [0.1, 0.15) is 0 Å². The average molecular weight is 300 g/mol. The van der Waals surface area contributed by atoms with E-state index in [-0.39, 0.29) is 12.5 Å². The van der Waals surface area contributed by atoms with E-state index in [2.05, 4.69) is 48.6 Å². The minimum absolute atomic E-state index is 0.0719. The molecule has 0 heterocycles. The first-order chi connectivity index (χ1) is 9.78. The van der Waals surface area contributed by atoms with E-state index in [0.717, 1.165) is 12.8 Å². The molecule has 0 saturated heterocycles. The lowest BCUT2D eigenvalue weighted by atomic mass is 9.89. The van der Waals surface area contributed by atoms with Gasteiger partial charge in [0, 0.05) is 26.7 Å². The number of ether oxygens (including phenoxy) is 1. The Labute approximate surface area is 129 Å². The number of amides is 1. The fourth-order valence-electron chi connectivity index (χ4n) is 1.67. The van der Waals surface area contributed by atoms with Crippen molar-refractivity contribution < 1.29 is 9.53 Å². The Kier molecular flexibility index (Phi) is 9.78. The lowest BCUT2D eigenvalue weighted by molar-refractivity contribution is -0.120. The van der Waals surface area contributed by atoms with Crippen LogP contribution in [-0.2, 0) is 9.53 Å². The number of nitrogens with zero attached hydrogens (tertiary/aromatic N) is 1. The van der Waals surface area contributed by atoms with Crippen LogP contribution in [0.2, 0.25) is 0 Å². The van der Waals surface area contributed by atoms with Gasteiger partial charge in [-0.1, -0.05) is 20.8 Å². The molecule has 1 unspecified atom stereocenters. The first-order valence-electron chi connectivity index (χ1n) is 7.51. The summed E-state index contributed by atoms with van der Waals surface area (Å²) in [6.07, 6.45) is 2.19. The van der Waals surface area contributed by atoms with E-state index >= 15 is 0 Å². The molecule has 0 radical (unpaired) electrons. The maximum absolute atomic E-state index is 11.6. The van der Waals surface area contributed by atoms with Crippen molar-refractivity contribution in [3.05, 3.63) is 0 Å². The van der Waals surface area contributed by atoms with Crippen LogP contribution in [0.15, 0.2) is 4.99 Å². The van der Waals surface area contributed by atoms with Gasteiger partial charge in [-0.3, -0.25) is 9.79 Å². The number of guanidine groups is 1. The van der Waals surface area contributed by atoms with Crippen LogP contribution >= 0.6 is 0 Å². The van der Waals surface area contributed by atoms with Crippen LogP contribution in [-0.4, -0.2) is 51.8 Å². The number of carbonyl (C=O) groups is 1. The molecule has 0 saturated carbocycles. The molecule has 0 aliphatic carbocycles. The van der Waals surface area contributed by atoms with Crippen LogP contribution in [0.4, 0.5) is 0 Å². The van der Waals surface area contributed by atoms with E-state index in [1.165, 1.54) is 0 Å². The van der Waals surface area contributed by atoms with E-state index in [1.54, 1.807) is 14.2 Å². The van der Waals surface area contributed by atoms with Crippen LogP contribution in [0.25, 0.3) is 0 Å². The summed E-state index contributed by atoms with van der Waals surface area (Å²) in [5.74, 6) is 0.579. The summed E-state index contributed by atoms with van der Waals surface area (Å²) in [5, 5.41) is 9.06. The number of rotatable bonds is 8. The quantitative estimate of drug-likeness (QED) is 0.357. The summed E-state index contributed by atoms with van der Waals surface area (Å²) in [6, 6.07) is 0.312. The first kappa shape index (κ1) is 19.7. The molecule has 0 bridgehead atoms. The number of nitrogens with one attached hydrogen (secondary N) is 3. The van der Waals surface area contributed by atoms with Crippen LogP contribution in [0, 0.1) is 5.41 Å². The Morgan fingerprint density at radius 1 is 1.29 bits per heavy atom. The largest absolute Gasteiger partial charge is 0.383 e. The molecule has 0 fully saturated rings. The summed E-state index contributed by atoms with van der Waals surface area (Å²) >= 11 is 0. The Morgan fingerprint density at radius 2 is 1.95 bits per heavy atom. The zero-order valence-electron chi connectivity index (χ0n) is 14.4. The van der Waals surface area contributed by atoms with Crippen LogP contribution in [0.5, 0.6) is 0 Å². The second-order valence-corrected chi connectivity index (χ2v) is 6.41. The molecule has 0 aromatic carbocycles. The molecule has 6 heteroatoms. The molecular weight excluding hydrogens is 268 g/mol. The maximum Gasteiger partial charge on any atom is 0.239 e. The third-order valence-corrected chi connectivity index (χ3v) is 2.98. The van der Waals surface area contributed by atoms with Crippen molar-refractivity contribution in [3.8, 4) is 0 Å². The van der Waals surface area contributed by atoms with Crippen LogP contribution < -0.4 is 16.0 Å². The molecule has 0 aromatic rings. The number of hydrogen-bond acceptors (Lipinski definition) is 3. The Bertz CT molecular complexity index is 324. The third kappa shape index (κ3) is 12.2. The molecule has 3 N–H and O–H groups in total. The highest BCUT2D eigenvalue weighted by atomic mass is 16.5. The van der Waals surface area contributed by atoms with E-state index in [1.807, 2.05) is 0 Å². The van der Waals surface area contributed by atoms with Crippen molar-refractivity contribution in [2.45, 2.75) is 46.6 Å². The summed E-state index contributed by atoms with van der Waals surface area (Å²) in [7, 11) is 3.31. The zero-order chi connectivity index (χ0) is 16.3. The van der Waals surface area contributed by atoms with Crippen molar-refractivity contribution in [2.24, 2.45) is 10.4 Å². The molecular formula is C15H32N4O2. The first-order valence-corrected chi connectivity index (χ1v) is 7.51. The fourth-order valence-corrected chi connectivity index (χ4v) is 1.67. The van der Waals surface area contributed by atoms with Crippen molar-refractivity contribution >= 4 is 11.9 Å². The normalized spacial score (nSPS) is 13.7. The van der Waals surface area contributed by atoms with Gasteiger partial charge in [-0.25, -0.2) is 0 Å². The summed E-state index contributed by atoms with van der Waals surface area (Å²) in [4.78, 5) is 15.7. The topological polar surface area (TPSA) is 74.8 Å². The smallest absolute Gasteiger partial charge is 0.239 e. The van der Waals surface area contributed by atoms with Gasteiger partial charge in [-0.15, -0.1) is 0 Å². The number of carbonyl (C=O) groups excluding carboxylic acids is 1. The summed E-state index contributed by atoms with van der Waals surface area (Å²) in [6.45, 7) is 10.1. The summed E-state index contributed by atoms with van der Waals surface area (Å²) < 4.78 is 4.87. The molecule has 1 amide bonds. The lowest BCUT2D eigenvalue weighted by Gasteiger charge is -2.23. The van der Waals surface area contributed by atoms with Crippen LogP contribution in [0.3, 0.4) is 0 Å². The molecule has 0 aromatic heterocycles. The molecule has 0 aliphatic heterocycles. The highest BCUT2D eigenvalue weighted by Gasteiger charge is 2.13.